The first-order valence-corrected chi connectivity index (χ1v) is 8.42. The third-order valence-corrected chi connectivity index (χ3v) is 4.36. The highest BCUT2D eigenvalue weighted by molar-refractivity contribution is 14.0. The van der Waals surface area contributed by atoms with Crippen molar-refractivity contribution < 1.29 is 9.47 Å². The molecule has 0 spiro atoms. The van der Waals surface area contributed by atoms with Gasteiger partial charge in [-0.1, -0.05) is 26.7 Å². The van der Waals surface area contributed by atoms with Crippen LogP contribution < -0.4 is 20.5 Å². The zero-order chi connectivity index (χ0) is 18.1. The number of likely N-dealkylation sites (N-methyl/N-ethyl adjacent to an activating group) is 1. The minimum Gasteiger partial charge on any atom is -0.493 e. The molecule has 144 valence electrons. The zero-order valence-electron chi connectivity index (χ0n) is 16.2. The average molecular weight is 464 g/mol. The van der Waals surface area contributed by atoms with E-state index in [1.165, 1.54) is 0 Å². The zero-order valence-corrected chi connectivity index (χ0v) is 18.5. The predicted octanol–water partition coefficient (Wildman–Crippen LogP) is 3.41. The monoisotopic (exact) mass is 464 g/mol. The van der Waals surface area contributed by atoms with Gasteiger partial charge < -0.3 is 25.4 Å². The number of rotatable bonds is 9. The first-order valence-electron chi connectivity index (χ1n) is 8.42. The van der Waals surface area contributed by atoms with Gasteiger partial charge in [0.25, 0.3) is 0 Å². The van der Waals surface area contributed by atoms with Crippen molar-refractivity contribution in [3.63, 3.8) is 0 Å². The van der Waals surface area contributed by atoms with E-state index >= 15 is 0 Å². The maximum atomic E-state index is 6.05. The predicted molar refractivity (Wildman–Crippen MR) is 117 cm³/mol. The van der Waals surface area contributed by atoms with E-state index in [0.717, 1.165) is 18.5 Å². The lowest BCUT2D eigenvalue weighted by molar-refractivity contribution is 0.206. The number of hydrogen-bond acceptors (Lipinski definition) is 4. The van der Waals surface area contributed by atoms with Crippen LogP contribution in [0.3, 0.4) is 0 Å². The molecule has 0 aliphatic rings. The molecule has 25 heavy (non-hydrogen) atoms. The first-order chi connectivity index (χ1) is 11.5. The topological polar surface area (TPSA) is 72.1 Å². The van der Waals surface area contributed by atoms with Gasteiger partial charge in [0.1, 0.15) is 0 Å². The molecule has 0 aromatic heterocycles. The van der Waals surface area contributed by atoms with Crippen LogP contribution in [0, 0.1) is 5.92 Å². The number of aliphatic imine (C=N–C) groups is 1. The second-order valence-electron chi connectivity index (χ2n) is 6.03. The molecule has 1 unspecified atom stereocenters. The molecule has 0 radical (unpaired) electrons. The number of guanidine groups is 1. The molecular weight excluding hydrogens is 431 g/mol. The van der Waals surface area contributed by atoms with E-state index in [2.05, 4.69) is 43.2 Å². The fourth-order valence-electron chi connectivity index (χ4n) is 2.86. The summed E-state index contributed by atoms with van der Waals surface area (Å²) in [5.74, 6) is 2.34. The molecule has 0 saturated heterocycles. The Morgan fingerprint density at radius 3 is 2.24 bits per heavy atom. The molecule has 0 aliphatic heterocycles. The van der Waals surface area contributed by atoms with Crippen molar-refractivity contribution in [2.24, 2.45) is 16.6 Å². The van der Waals surface area contributed by atoms with E-state index in [9.17, 15) is 0 Å². The van der Waals surface area contributed by atoms with E-state index in [4.69, 9.17) is 15.2 Å². The molecule has 1 rings (SSSR count). The van der Waals surface area contributed by atoms with Crippen LogP contribution in [0.1, 0.15) is 26.7 Å². The van der Waals surface area contributed by atoms with E-state index in [1.54, 1.807) is 14.2 Å². The van der Waals surface area contributed by atoms with E-state index < -0.39 is 0 Å². The van der Waals surface area contributed by atoms with Gasteiger partial charge in [0.2, 0.25) is 0 Å². The first kappa shape index (κ1) is 23.8. The lowest BCUT2D eigenvalue weighted by Crippen LogP contribution is -2.38. The number of nitrogens with two attached hydrogens (primary N) is 1. The summed E-state index contributed by atoms with van der Waals surface area (Å²) in [5.41, 5.74) is 6.87. The number of hydrogen-bond donors (Lipinski definition) is 2. The fourth-order valence-corrected chi connectivity index (χ4v) is 2.86. The molecule has 0 heterocycles. The lowest BCUT2D eigenvalue weighted by Gasteiger charge is -2.30. The Hall–Kier alpha value is -1.22. The van der Waals surface area contributed by atoms with Crippen molar-refractivity contribution in [2.75, 3.05) is 40.2 Å². The highest BCUT2D eigenvalue weighted by atomic mass is 127. The van der Waals surface area contributed by atoms with Gasteiger partial charge in [-0.15, -0.1) is 24.0 Å². The number of ether oxygens (including phenoxy) is 2. The summed E-state index contributed by atoms with van der Waals surface area (Å²) in [6.45, 7) is 5.12. The molecule has 0 bridgehead atoms. The quantitative estimate of drug-likeness (QED) is 0.333. The molecule has 0 amide bonds. The fraction of sp³-hybridized carbons (Fsp3) is 0.611. The minimum absolute atomic E-state index is 0. The summed E-state index contributed by atoms with van der Waals surface area (Å²) in [6, 6.07) is 5.94. The van der Waals surface area contributed by atoms with E-state index in [-0.39, 0.29) is 24.0 Å². The number of anilines is 1. The third kappa shape index (κ3) is 7.27. The molecule has 1 aromatic carbocycles. The van der Waals surface area contributed by atoms with Gasteiger partial charge in [-0.25, -0.2) is 0 Å². The van der Waals surface area contributed by atoms with Crippen LogP contribution in [0.2, 0.25) is 0 Å². The number of benzene rings is 1. The Bertz CT molecular complexity index is 534. The summed E-state index contributed by atoms with van der Waals surface area (Å²) >= 11 is 0. The standard InChI is InChI=1S/C18H32N4O2.HI/c1-7-13(8-2)15(22(3)4)12-20-18(19)21-14-9-10-16(23-5)17(11-14)24-6;/h9-11,13,15H,7-8,12H2,1-6H3,(H3,19,20,21);1H. The summed E-state index contributed by atoms with van der Waals surface area (Å²) in [4.78, 5) is 6.75. The summed E-state index contributed by atoms with van der Waals surface area (Å²) in [7, 11) is 7.41. The van der Waals surface area contributed by atoms with Crippen molar-refractivity contribution in [3.05, 3.63) is 18.2 Å². The van der Waals surface area contributed by atoms with Crippen molar-refractivity contribution in [1.29, 1.82) is 0 Å². The Balaban J connectivity index is 0.00000576. The minimum atomic E-state index is 0. The number of nitrogens with zero attached hydrogens (tertiary/aromatic N) is 2. The van der Waals surface area contributed by atoms with E-state index in [1.807, 2.05) is 18.2 Å². The highest BCUT2D eigenvalue weighted by Gasteiger charge is 2.20. The Kier molecular flexibility index (Phi) is 11.6. The summed E-state index contributed by atoms with van der Waals surface area (Å²) in [5, 5.41) is 3.11. The Morgan fingerprint density at radius 1 is 1.16 bits per heavy atom. The van der Waals surface area contributed by atoms with Gasteiger partial charge in [-0.3, -0.25) is 4.99 Å². The van der Waals surface area contributed by atoms with Crippen LogP contribution in [0.15, 0.2) is 23.2 Å². The summed E-state index contributed by atoms with van der Waals surface area (Å²) in [6.07, 6.45) is 2.27. The van der Waals surface area contributed by atoms with Gasteiger partial charge in [-0.2, -0.15) is 0 Å². The number of halogens is 1. The number of methoxy groups -OCH3 is 2. The lowest BCUT2D eigenvalue weighted by atomic mass is 9.93. The maximum Gasteiger partial charge on any atom is 0.193 e. The van der Waals surface area contributed by atoms with Crippen LogP contribution in [-0.2, 0) is 0 Å². The second-order valence-corrected chi connectivity index (χ2v) is 6.03. The van der Waals surface area contributed by atoms with Crippen molar-refractivity contribution in [3.8, 4) is 11.5 Å². The van der Waals surface area contributed by atoms with Gasteiger partial charge in [0.15, 0.2) is 17.5 Å². The molecule has 7 heteroatoms. The molecule has 1 atom stereocenters. The van der Waals surface area contributed by atoms with Gasteiger partial charge in [-0.05, 0) is 32.1 Å². The maximum absolute atomic E-state index is 6.05. The molecule has 3 N–H and O–H groups in total. The highest BCUT2D eigenvalue weighted by Crippen LogP contribution is 2.29. The smallest absolute Gasteiger partial charge is 0.193 e. The average Bonchev–Trinajstić information content (AvgIpc) is 2.58. The normalized spacial score (nSPS) is 12.7. The van der Waals surface area contributed by atoms with Gasteiger partial charge >= 0.3 is 0 Å². The molecule has 1 aromatic rings. The van der Waals surface area contributed by atoms with Crippen LogP contribution in [0.5, 0.6) is 11.5 Å². The van der Waals surface area contributed by atoms with Crippen molar-refractivity contribution in [1.82, 2.24) is 4.90 Å². The Labute approximate surface area is 169 Å². The molecule has 0 aliphatic carbocycles. The van der Waals surface area contributed by atoms with Crippen LogP contribution in [-0.4, -0.2) is 51.8 Å². The van der Waals surface area contributed by atoms with Crippen molar-refractivity contribution >= 4 is 35.6 Å². The molecule has 0 fully saturated rings. The molecule has 0 saturated carbocycles. The second kappa shape index (κ2) is 12.2. The van der Waals surface area contributed by atoms with Crippen LogP contribution in [0.25, 0.3) is 0 Å². The largest absolute Gasteiger partial charge is 0.493 e. The van der Waals surface area contributed by atoms with Crippen molar-refractivity contribution in [2.45, 2.75) is 32.7 Å². The summed E-state index contributed by atoms with van der Waals surface area (Å²) < 4.78 is 10.5. The van der Waals surface area contributed by atoms with Gasteiger partial charge in [0, 0.05) is 17.8 Å². The SMILES string of the molecule is CCC(CC)C(CN=C(N)Nc1ccc(OC)c(OC)c1)N(C)C.I. The molecule has 6 nitrogen and oxygen atoms in total. The van der Waals surface area contributed by atoms with Crippen LogP contribution >= 0.6 is 24.0 Å². The number of nitrogens with one attached hydrogen (secondary N) is 1. The molecular formula is C18H33IN4O2. The van der Waals surface area contributed by atoms with E-state index in [0.29, 0.717) is 36.0 Å². The van der Waals surface area contributed by atoms with Crippen LogP contribution in [0.4, 0.5) is 5.69 Å². The van der Waals surface area contributed by atoms with Gasteiger partial charge in [0.05, 0.1) is 20.8 Å². The third-order valence-electron chi connectivity index (χ3n) is 4.36. The Morgan fingerprint density at radius 2 is 1.76 bits per heavy atom.